The number of rotatable bonds is 7. The number of nitrogens with zero attached hydrogens (tertiary/aromatic N) is 1. The van der Waals surface area contributed by atoms with Gasteiger partial charge in [-0.2, -0.15) is 0 Å². The molecule has 2 rings (SSSR count). The summed E-state index contributed by atoms with van der Waals surface area (Å²) in [5, 5.41) is 4.05. The molecule has 2 unspecified atom stereocenters. The van der Waals surface area contributed by atoms with E-state index in [1.54, 1.807) is 0 Å². The van der Waals surface area contributed by atoms with Crippen LogP contribution in [0.2, 0.25) is 0 Å². The van der Waals surface area contributed by atoms with Crippen LogP contribution in [-0.2, 0) is 11.3 Å². The SMILES string of the molecule is CC1ON=CC1(CCCCN)CCc1ccccc1. The van der Waals surface area contributed by atoms with Gasteiger partial charge in [-0.15, -0.1) is 0 Å². The number of aryl methyl sites for hydroxylation is 1. The second-order valence-corrected chi connectivity index (χ2v) is 5.45. The third kappa shape index (κ3) is 3.57. The van der Waals surface area contributed by atoms with Crippen molar-refractivity contribution in [2.75, 3.05) is 6.54 Å². The highest BCUT2D eigenvalue weighted by Crippen LogP contribution is 2.37. The first-order chi connectivity index (χ1) is 9.27. The summed E-state index contributed by atoms with van der Waals surface area (Å²) >= 11 is 0. The molecule has 0 radical (unpaired) electrons. The molecule has 3 nitrogen and oxygen atoms in total. The predicted octanol–water partition coefficient (Wildman–Crippen LogP) is 3.14. The molecule has 3 heteroatoms. The van der Waals surface area contributed by atoms with Crippen molar-refractivity contribution in [3.63, 3.8) is 0 Å². The second-order valence-electron chi connectivity index (χ2n) is 5.45. The molecule has 1 aromatic rings. The Hall–Kier alpha value is -1.35. The van der Waals surface area contributed by atoms with Crippen LogP contribution < -0.4 is 5.73 Å². The maximum absolute atomic E-state index is 5.59. The van der Waals surface area contributed by atoms with Gasteiger partial charge < -0.3 is 10.6 Å². The minimum atomic E-state index is 0.0883. The molecule has 0 saturated heterocycles. The van der Waals surface area contributed by atoms with Crippen LogP contribution in [0.15, 0.2) is 35.5 Å². The third-order valence-electron chi connectivity index (χ3n) is 4.16. The first-order valence-electron chi connectivity index (χ1n) is 7.21. The molecular formula is C16H24N2O. The number of benzene rings is 1. The van der Waals surface area contributed by atoms with Crippen LogP contribution in [-0.4, -0.2) is 18.9 Å². The normalized spacial score (nSPS) is 25.5. The molecule has 0 fully saturated rings. The Labute approximate surface area is 115 Å². The fraction of sp³-hybridized carbons (Fsp3) is 0.562. The standard InChI is InChI=1S/C16H24N2O/c1-14-16(13-18-19-14,10-5-6-12-17)11-9-15-7-3-2-4-8-15/h2-4,7-8,13-14H,5-6,9-12,17H2,1H3. The van der Waals surface area contributed by atoms with E-state index in [1.165, 1.54) is 5.56 Å². The minimum absolute atomic E-state index is 0.0883. The molecule has 0 amide bonds. The third-order valence-corrected chi connectivity index (χ3v) is 4.16. The maximum atomic E-state index is 5.59. The Morgan fingerprint density at radius 2 is 2.00 bits per heavy atom. The van der Waals surface area contributed by atoms with Gasteiger partial charge in [0, 0.05) is 5.41 Å². The second kappa shape index (κ2) is 6.71. The van der Waals surface area contributed by atoms with E-state index in [1.807, 2.05) is 6.21 Å². The average molecular weight is 260 g/mol. The Morgan fingerprint density at radius 1 is 1.21 bits per heavy atom. The molecule has 0 saturated carbocycles. The Bertz CT molecular complexity index is 404. The topological polar surface area (TPSA) is 47.6 Å². The lowest BCUT2D eigenvalue weighted by Gasteiger charge is -2.29. The highest BCUT2D eigenvalue weighted by molar-refractivity contribution is 5.67. The van der Waals surface area contributed by atoms with Gasteiger partial charge in [0.15, 0.2) is 0 Å². The van der Waals surface area contributed by atoms with Gasteiger partial charge in [-0.05, 0) is 44.7 Å². The molecule has 0 aromatic heterocycles. The fourth-order valence-electron chi connectivity index (χ4n) is 2.72. The van der Waals surface area contributed by atoms with Crippen molar-refractivity contribution in [3.8, 4) is 0 Å². The van der Waals surface area contributed by atoms with Crippen LogP contribution in [0.1, 0.15) is 38.2 Å². The van der Waals surface area contributed by atoms with Crippen LogP contribution in [0.5, 0.6) is 0 Å². The summed E-state index contributed by atoms with van der Waals surface area (Å²) in [7, 11) is 0. The largest absolute Gasteiger partial charge is 0.392 e. The van der Waals surface area contributed by atoms with Crippen molar-refractivity contribution in [3.05, 3.63) is 35.9 Å². The number of unbranched alkanes of at least 4 members (excludes halogenated alkanes) is 1. The van der Waals surface area contributed by atoms with Gasteiger partial charge in [-0.3, -0.25) is 0 Å². The number of nitrogens with two attached hydrogens (primary N) is 1. The number of hydrogen-bond acceptors (Lipinski definition) is 3. The van der Waals surface area contributed by atoms with E-state index in [9.17, 15) is 0 Å². The highest BCUT2D eigenvalue weighted by Gasteiger charge is 2.39. The van der Waals surface area contributed by atoms with Gasteiger partial charge in [0.2, 0.25) is 0 Å². The van der Waals surface area contributed by atoms with Crippen LogP contribution in [0.4, 0.5) is 0 Å². The summed E-state index contributed by atoms with van der Waals surface area (Å²) in [5.74, 6) is 0. The Balaban J connectivity index is 1.96. The van der Waals surface area contributed by atoms with Crippen molar-refractivity contribution in [1.29, 1.82) is 0 Å². The zero-order chi connectivity index (χ0) is 13.6. The van der Waals surface area contributed by atoms with E-state index < -0.39 is 0 Å². The van der Waals surface area contributed by atoms with E-state index >= 15 is 0 Å². The first kappa shape index (κ1) is 14.1. The lowest BCUT2D eigenvalue weighted by molar-refractivity contribution is 0.0301. The molecule has 1 heterocycles. The lowest BCUT2D eigenvalue weighted by atomic mass is 9.75. The van der Waals surface area contributed by atoms with Crippen molar-refractivity contribution in [2.24, 2.45) is 16.3 Å². The van der Waals surface area contributed by atoms with E-state index in [0.717, 1.165) is 38.6 Å². The number of oxime groups is 1. The van der Waals surface area contributed by atoms with Crippen LogP contribution in [0.3, 0.4) is 0 Å². The Kier molecular flexibility index (Phi) is 4.97. The Morgan fingerprint density at radius 3 is 2.63 bits per heavy atom. The van der Waals surface area contributed by atoms with E-state index in [0.29, 0.717) is 0 Å². The smallest absolute Gasteiger partial charge is 0.135 e. The van der Waals surface area contributed by atoms with Gasteiger partial charge in [0.05, 0.1) is 6.21 Å². The fourth-order valence-corrected chi connectivity index (χ4v) is 2.72. The van der Waals surface area contributed by atoms with Crippen LogP contribution in [0, 0.1) is 5.41 Å². The number of hydrogen-bond donors (Lipinski definition) is 1. The van der Waals surface area contributed by atoms with Crippen molar-refractivity contribution in [2.45, 2.75) is 45.1 Å². The summed E-state index contributed by atoms with van der Waals surface area (Å²) in [6.45, 7) is 2.89. The van der Waals surface area contributed by atoms with E-state index in [4.69, 9.17) is 10.6 Å². The molecule has 0 spiro atoms. The summed E-state index contributed by atoms with van der Waals surface area (Å²) in [6.07, 6.45) is 7.70. The summed E-state index contributed by atoms with van der Waals surface area (Å²) in [5.41, 5.74) is 7.06. The van der Waals surface area contributed by atoms with Crippen molar-refractivity contribution >= 4 is 6.21 Å². The molecule has 0 aliphatic carbocycles. The van der Waals surface area contributed by atoms with Gasteiger partial charge in [0.25, 0.3) is 0 Å². The van der Waals surface area contributed by atoms with Gasteiger partial charge in [0.1, 0.15) is 6.10 Å². The molecule has 1 aliphatic heterocycles. The quantitative estimate of drug-likeness (QED) is 0.766. The van der Waals surface area contributed by atoms with E-state index in [-0.39, 0.29) is 11.5 Å². The van der Waals surface area contributed by atoms with Gasteiger partial charge >= 0.3 is 0 Å². The molecule has 2 N–H and O–H groups in total. The molecule has 1 aromatic carbocycles. The zero-order valence-electron chi connectivity index (χ0n) is 11.7. The maximum Gasteiger partial charge on any atom is 0.135 e. The molecule has 1 aliphatic rings. The predicted molar refractivity (Wildman–Crippen MR) is 79.1 cm³/mol. The van der Waals surface area contributed by atoms with Crippen molar-refractivity contribution < 1.29 is 4.84 Å². The monoisotopic (exact) mass is 260 g/mol. The zero-order valence-corrected chi connectivity index (χ0v) is 11.7. The van der Waals surface area contributed by atoms with E-state index in [2.05, 4.69) is 42.4 Å². The summed E-state index contributed by atoms with van der Waals surface area (Å²) in [4.78, 5) is 5.43. The highest BCUT2D eigenvalue weighted by atomic mass is 16.6. The lowest BCUT2D eigenvalue weighted by Crippen LogP contribution is -2.32. The molecule has 2 atom stereocenters. The molecule has 104 valence electrons. The molecule has 19 heavy (non-hydrogen) atoms. The van der Waals surface area contributed by atoms with Crippen molar-refractivity contribution in [1.82, 2.24) is 0 Å². The molecular weight excluding hydrogens is 236 g/mol. The summed E-state index contributed by atoms with van der Waals surface area (Å²) in [6, 6.07) is 10.6. The van der Waals surface area contributed by atoms with Crippen LogP contribution in [0.25, 0.3) is 0 Å². The minimum Gasteiger partial charge on any atom is -0.392 e. The van der Waals surface area contributed by atoms with Crippen LogP contribution >= 0.6 is 0 Å². The van der Waals surface area contributed by atoms with Gasteiger partial charge in [-0.25, -0.2) is 0 Å². The summed E-state index contributed by atoms with van der Waals surface area (Å²) < 4.78 is 0. The molecule has 0 bridgehead atoms. The average Bonchev–Trinajstić information content (AvgIpc) is 2.80. The first-order valence-corrected chi connectivity index (χ1v) is 7.21. The van der Waals surface area contributed by atoms with Gasteiger partial charge in [-0.1, -0.05) is 41.9 Å².